The third-order valence-corrected chi connectivity index (χ3v) is 6.24. The van der Waals surface area contributed by atoms with Gasteiger partial charge in [-0.15, -0.1) is 0 Å². The summed E-state index contributed by atoms with van der Waals surface area (Å²) < 4.78 is 5.90. The lowest BCUT2D eigenvalue weighted by atomic mass is 9.98. The number of carbonyl (C=O) groups excluding carboxylic acids is 4. The number of furan rings is 1. The Labute approximate surface area is 166 Å². The van der Waals surface area contributed by atoms with Crippen molar-refractivity contribution in [2.24, 2.45) is 5.92 Å². The van der Waals surface area contributed by atoms with Crippen LogP contribution in [-0.4, -0.2) is 48.0 Å². The number of imide groups is 1. The summed E-state index contributed by atoms with van der Waals surface area (Å²) in [6, 6.07) is 5.27. The topological polar surface area (TPSA) is 99.9 Å². The number of aldehydes is 1. The number of piperidine rings is 2. The Hall–Kier alpha value is -3.16. The minimum absolute atomic E-state index is 0.137. The third kappa shape index (κ3) is 2.90. The predicted octanol–water partition coefficient (Wildman–Crippen LogP) is 1.61. The number of rotatable bonds is 3. The molecule has 8 heteroatoms. The number of hydrogen-bond acceptors (Lipinski definition) is 6. The summed E-state index contributed by atoms with van der Waals surface area (Å²) in [7, 11) is 0. The van der Waals surface area contributed by atoms with Gasteiger partial charge in [-0.2, -0.15) is 0 Å². The summed E-state index contributed by atoms with van der Waals surface area (Å²) in [5.74, 6) is -0.617. The Kier molecular flexibility index (Phi) is 4.15. The van der Waals surface area contributed by atoms with Crippen LogP contribution in [0.15, 0.2) is 22.6 Å². The summed E-state index contributed by atoms with van der Waals surface area (Å²) in [4.78, 5) is 51.1. The second-order valence-electron chi connectivity index (χ2n) is 7.95. The first-order valence-electron chi connectivity index (χ1n) is 9.95. The number of carbonyl (C=O) groups is 4. The largest absolute Gasteiger partial charge is 0.450 e. The number of benzene rings is 1. The molecule has 4 heterocycles. The average molecular weight is 395 g/mol. The van der Waals surface area contributed by atoms with Gasteiger partial charge in [0, 0.05) is 48.1 Å². The zero-order chi connectivity index (χ0) is 20.1. The Morgan fingerprint density at radius 3 is 2.62 bits per heavy atom. The predicted molar refractivity (Wildman–Crippen MR) is 103 cm³/mol. The first kappa shape index (κ1) is 17.9. The first-order valence-corrected chi connectivity index (χ1v) is 9.95. The molecule has 3 aliphatic rings. The molecule has 2 fully saturated rings. The molecule has 0 spiro atoms. The van der Waals surface area contributed by atoms with Crippen LogP contribution in [0.3, 0.4) is 0 Å². The van der Waals surface area contributed by atoms with Crippen LogP contribution in [0.25, 0.3) is 11.0 Å². The van der Waals surface area contributed by atoms with Crippen LogP contribution in [0.5, 0.6) is 0 Å². The van der Waals surface area contributed by atoms with Crippen LogP contribution in [0, 0.1) is 5.92 Å². The lowest BCUT2D eigenvalue weighted by Crippen LogP contribution is -2.52. The second-order valence-corrected chi connectivity index (χ2v) is 7.95. The van der Waals surface area contributed by atoms with Crippen LogP contribution in [0.2, 0.25) is 0 Å². The fourth-order valence-electron chi connectivity index (χ4n) is 4.56. The van der Waals surface area contributed by atoms with Crippen molar-refractivity contribution >= 4 is 40.7 Å². The van der Waals surface area contributed by atoms with E-state index in [1.54, 1.807) is 0 Å². The second kappa shape index (κ2) is 6.72. The van der Waals surface area contributed by atoms with Gasteiger partial charge in [0.1, 0.15) is 17.9 Å². The van der Waals surface area contributed by atoms with E-state index in [2.05, 4.69) is 10.2 Å². The van der Waals surface area contributed by atoms with Gasteiger partial charge in [0.15, 0.2) is 5.76 Å². The molecule has 29 heavy (non-hydrogen) atoms. The first-order chi connectivity index (χ1) is 14.0. The van der Waals surface area contributed by atoms with Gasteiger partial charge in [0.2, 0.25) is 11.8 Å². The number of hydrogen-bond donors (Lipinski definition) is 1. The van der Waals surface area contributed by atoms with Crippen LogP contribution in [0.4, 0.5) is 5.69 Å². The highest BCUT2D eigenvalue weighted by molar-refractivity contribution is 6.07. The van der Waals surface area contributed by atoms with E-state index in [0.717, 1.165) is 48.9 Å². The van der Waals surface area contributed by atoms with E-state index < -0.39 is 11.9 Å². The van der Waals surface area contributed by atoms with Crippen molar-refractivity contribution in [3.05, 3.63) is 29.5 Å². The molecule has 8 nitrogen and oxygen atoms in total. The zero-order valence-electron chi connectivity index (χ0n) is 15.8. The number of amides is 3. The van der Waals surface area contributed by atoms with Crippen molar-refractivity contribution in [3.63, 3.8) is 0 Å². The van der Waals surface area contributed by atoms with Gasteiger partial charge >= 0.3 is 0 Å². The van der Waals surface area contributed by atoms with Gasteiger partial charge in [0.25, 0.3) is 5.91 Å². The summed E-state index contributed by atoms with van der Waals surface area (Å²) >= 11 is 0. The van der Waals surface area contributed by atoms with Crippen LogP contribution >= 0.6 is 0 Å². The molecule has 1 aromatic carbocycles. The minimum atomic E-state index is -0.642. The fourth-order valence-corrected chi connectivity index (χ4v) is 4.56. The van der Waals surface area contributed by atoms with Crippen molar-refractivity contribution in [1.29, 1.82) is 0 Å². The molecule has 5 rings (SSSR count). The molecule has 1 aromatic heterocycles. The van der Waals surface area contributed by atoms with E-state index in [-0.39, 0.29) is 29.9 Å². The maximum atomic E-state index is 12.9. The van der Waals surface area contributed by atoms with E-state index in [0.29, 0.717) is 18.5 Å². The van der Waals surface area contributed by atoms with Gasteiger partial charge in [0.05, 0.1) is 6.54 Å². The molecular formula is C21H21N3O5. The SMILES string of the molecule is O=CC1CCN(c2ccc3c4c(oc3c2)C(=O)N(C2CCC(=O)NC2=O)C4)CC1. The molecule has 0 radical (unpaired) electrons. The molecule has 1 N–H and O–H groups in total. The van der Waals surface area contributed by atoms with Crippen molar-refractivity contribution in [2.75, 3.05) is 18.0 Å². The molecule has 3 amide bonds. The molecule has 0 aliphatic carbocycles. The van der Waals surface area contributed by atoms with E-state index in [4.69, 9.17) is 4.42 Å². The van der Waals surface area contributed by atoms with Crippen molar-refractivity contribution in [3.8, 4) is 0 Å². The minimum Gasteiger partial charge on any atom is -0.450 e. The van der Waals surface area contributed by atoms with Crippen LogP contribution in [0.1, 0.15) is 41.8 Å². The monoisotopic (exact) mass is 395 g/mol. The summed E-state index contributed by atoms with van der Waals surface area (Å²) in [5.41, 5.74) is 2.46. The van der Waals surface area contributed by atoms with Crippen LogP contribution in [-0.2, 0) is 20.9 Å². The highest BCUT2D eigenvalue weighted by atomic mass is 16.3. The quantitative estimate of drug-likeness (QED) is 0.626. The maximum Gasteiger partial charge on any atom is 0.290 e. The lowest BCUT2D eigenvalue weighted by molar-refractivity contribution is -0.136. The highest BCUT2D eigenvalue weighted by Gasteiger charge is 2.42. The highest BCUT2D eigenvalue weighted by Crippen LogP contribution is 2.37. The molecule has 0 bridgehead atoms. The van der Waals surface area contributed by atoms with Gasteiger partial charge < -0.3 is 19.0 Å². The zero-order valence-corrected chi connectivity index (χ0v) is 15.8. The standard InChI is InChI=1S/C21H21N3O5/c25-11-12-5-7-23(8-6-12)13-1-2-14-15-10-24(16-3-4-18(26)22-20(16)27)21(28)19(15)29-17(14)9-13/h1-2,9,11-12,16H,3-8,10H2,(H,22,26,27). The maximum absolute atomic E-state index is 12.9. The Balaban J connectivity index is 1.39. The smallest absolute Gasteiger partial charge is 0.290 e. The molecule has 2 aromatic rings. The Morgan fingerprint density at radius 2 is 1.90 bits per heavy atom. The number of anilines is 1. The molecule has 2 saturated heterocycles. The van der Waals surface area contributed by atoms with E-state index in [1.807, 2.05) is 18.2 Å². The van der Waals surface area contributed by atoms with Gasteiger partial charge in [-0.3, -0.25) is 19.7 Å². The molecular weight excluding hydrogens is 374 g/mol. The molecule has 1 unspecified atom stereocenters. The normalized spacial score (nSPS) is 22.9. The molecule has 0 saturated carbocycles. The molecule has 150 valence electrons. The van der Waals surface area contributed by atoms with Crippen LogP contribution < -0.4 is 10.2 Å². The average Bonchev–Trinajstić information content (AvgIpc) is 3.24. The fraction of sp³-hybridized carbons (Fsp3) is 0.429. The summed E-state index contributed by atoms with van der Waals surface area (Å²) in [5, 5.41) is 3.17. The van der Waals surface area contributed by atoms with Gasteiger partial charge in [-0.1, -0.05) is 0 Å². The lowest BCUT2D eigenvalue weighted by Gasteiger charge is -2.31. The molecule has 1 atom stereocenters. The van der Waals surface area contributed by atoms with E-state index in [1.165, 1.54) is 4.90 Å². The number of fused-ring (bicyclic) bond motifs is 3. The van der Waals surface area contributed by atoms with Crippen molar-refractivity contribution in [1.82, 2.24) is 10.2 Å². The van der Waals surface area contributed by atoms with Gasteiger partial charge in [-0.05, 0) is 31.4 Å². The van der Waals surface area contributed by atoms with Crippen molar-refractivity contribution < 1.29 is 23.6 Å². The number of nitrogens with zero attached hydrogens (tertiary/aromatic N) is 2. The van der Waals surface area contributed by atoms with E-state index in [9.17, 15) is 19.2 Å². The number of nitrogens with one attached hydrogen (secondary N) is 1. The van der Waals surface area contributed by atoms with Crippen molar-refractivity contribution in [2.45, 2.75) is 38.3 Å². The Morgan fingerprint density at radius 1 is 1.10 bits per heavy atom. The summed E-state index contributed by atoms with van der Waals surface area (Å²) in [6.45, 7) is 1.94. The molecule has 3 aliphatic heterocycles. The Bertz CT molecular complexity index is 1030. The third-order valence-electron chi connectivity index (χ3n) is 6.24. The summed E-state index contributed by atoms with van der Waals surface area (Å²) in [6.07, 6.45) is 3.29. The van der Waals surface area contributed by atoms with E-state index >= 15 is 0 Å². The van der Waals surface area contributed by atoms with Gasteiger partial charge in [-0.25, -0.2) is 0 Å².